The van der Waals surface area contributed by atoms with Crippen LogP contribution in [-0.4, -0.2) is 88.1 Å². The Labute approximate surface area is 159 Å². The molecule has 1 aromatic carbocycles. The SMILES string of the molecule is CC(C(=O)O)N(C)C(=O)c1cc(S(=O)(=O)N(C)C)ccc1N1CCOCC1. The Morgan fingerprint density at radius 2 is 1.78 bits per heavy atom. The number of rotatable bonds is 6. The summed E-state index contributed by atoms with van der Waals surface area (Å²) in [6, 6.07) is 3.31. The molecule has 1 amide bonds. The van der Waals surface area contributed by atoms with Crippen LogP contribution in [0.5, 0.6) is 0 Å². The van der Waals surface area contributed by atoms with E-state index in [-0.39, 0.29) is 10.5 Å². The fourth-order valence-corrected chi connectivity index (χ4v) is 3.60. The highest BCUT2D eigenvalue weighted by atomic mass is 32.2. The maximum Gasteiger partial charge on any atom is 0.326 e. The van der Waals surface area contributed by atoms with Crippen LogP contribution in [0.4, 0.5) is 5.69 Å². The van der Waals surface area contributed by atoms with E-state index in [1.165, 1.54) is 40.2 Å². The quantitative estimate of drug-likeness (QED) is 0.734. The molecule has 9 nitrogen and oxygen atoms in total. The van der Waals surface area contributed by atoms with Crippen molar-refractivity contribution in [1.29, 1.82) is 0 Å². The predicted octanol–water partition coefficient (Wildman–Crippen LogP) is 0.319. The Bertz CT molecular complexity index is 818. The average molecular weight is 399 g/mol. The van der Waals surface area contributed by atoms with Crippen molar-refractivity contribution in [2.75, 3.05) is 52.3 Å². The summed E-state index contributed by atoms with van der Waals surface area (Å²) < 4.78 is 31.4. The maximum atomic E-state index is 13.0. The second kappa shape index (κ2) is 8.24. The Morgan fingerprint density at radius 1 is 1.19 bits per heavy atom. The van der Waals surface area contributed by atoms with E-state index >= 15 is 0 Å². The maximum absolute atomic E-state index is 13.0. The first-order chi connectivity index (χ1) is 12.6. The fraction of sp³-hybridized carbons (Fsp3) is 0.529. The number of benzene rings is 1. The van der Waals surface area contributed by atoms with Gasteiger partial charge in [0.05, 0.1) is 23.7 Å². The molecule has 0 radical (unpaired) electrons. The number of amides is 1. The number of nitrogens with zero attached hydrogens (tertiary/aromatic N) is 3. The molecule has 0 spiro atoms. The van der Waals surface area contributed by atoms with Gasteiger partial charge in [-0.3, -0.25) is 4.79 Å². The number of hydrogen-bond donors (Lipinski definition) is 1. The standard InChI is InChI=1S/C17H25N3O6S/c1-12(17(22)23)19(4)16(21)14-11-13(27(24,25)18(2)3)5-6-15(14)20-7-9-26-10-8-20/h5-6,11-12H,7-10H2,1-4H3,(H,22,23). The lowest BCUT2D eigenvalue weighted by Crippen LogP contribution is -2.42. The van der Waals surface area contributed by atoms with Crippen molar-refractivity contribution in [3.63, 3.8) is 0 Å². The molecule has 1 fully saturated rings. The van der Waals surface area contributed by atoms with Gasteiger partial charge in [0.1, 0.15) is 6.04 Å². The third-order valence-corrected chi connectivity index (χ3v) is 6.40. The Hall–Kier alpha value is -2.17. The first-order valence-electron chi connectivity index (χ1n) is 8.46. The number of aliphatic carboxylic acids is 1. The predicted molar refractivity (Wildman–Crippen MR) is 99.5 cm³/mol. The van der Waals surface area contributed by atoms with Gasteiger partial charge in [-0.15, -0.1) is 0 Å². The number of morpholine rings is 1. The minimum absolute atomic E-state index is 0.0239. The first kappa shape index (κ1) is 21.1. The highest BCUT2D eigenvalue weighted by molar-refractivity contribution is 7.89. The molecule has 1 aliphatic heterocycles. The van der Waals surface area contributed by atoms with Gasteiger partial charge < -0.3 is 19.6 Å². The number of carbonyl (C=O) groups excluding carboxylic acids is 1. The van der Waals surface area contributed by atoms with Crippen molar-refractivity contribution >= 4 is 27.6 Å². The summed E-state index contributed by atoms with van der Waals surface area (Å²) >= 11 is 0. The van der Waals surface area contributed by atoms with Crippen molar-refractivity contribution in [2.45, 2.75) is 17.9 Å². The minimum Gasteiger partial charge on any atom is -0.480 e. The number of carboxylic acids is 1. The molecule has 1 heterocycles. The number of ether oxygens (including phenoxy) is 1. The van der Waals surface area contributed by atoms with E-state index in [0.717, 1.165) is 9.21 Å². The van der Waals surface area contributed by atoms with Gasteiger partial charge in [0, 0.05) is 39.9 Å². The van der Waals surface area contributed by atoms with Crippen molar-refractivity contribution < 1.29 is 27.9 Å². The van der Waals surface area contributed by atoms with Gasteiger partial charge in [-0.25, -0.2) is 17.5 Å². The van der Waals surface area contributed by atoms with Crippen LogP contribution in [0.1, 0.15) is 17.3 Å². The molecule has 1 aliphatic rings. The molecule has 150 valence electrons. The minimum atomic E-state index is -3.74. The molecule has 1 saturated heterocycles. The summed E-state index contributed by atoms with van der Waals surface area (Å²) in [6.07, 6.45) is 0. The highest BCUT2D eigenvalue weighted by Gasteiger charge is 2.29. The van der Waals surface area contributed by atoms with E-state index in [0.29, 0.717) is 32.0 Å². The number of carboxylic acid groups (broad SMARTS) is 1. The summed E-state index contributed by atoms with van der Waals surface area (Å²) in [5.74, 6) is -1.70. The zero-order valence-electron chi connectivity index (χ0n) is 15.9. The molecule has 0 bridgehead atoms. The number of likely N-dealkylation sites (N-methyl/N-ethyl adjacent to an activating group) is 1. The van der Waals surface area contributed by atoms with Gasteiger partial charge in [0.2, 0.25) is 10.0 Å². The normalized spacial score (nSPS) is 16.3. The van der Waals surface area contributed by atoms with Crippen LogP contribution in [0.15, 0.2) is 23.1 Å². The highest BCUT2D eigenvalue weighted by Crippen LogP contribution is 2.27. The fourth-order valence-electron chi connectivity index (χ4n) is 2.67. The van der Waals surface area contributed by atoms with Crippen LogP contribution in [0.3, 0.4) is 0 Å². The molecule has 0 aliphatic carbocycles. The van der Waals surface area contributed by atoms with E-state index in [4.69, 9.17) is 4.74 Å². The molecule has 1 aromatic rings. The molecule has 1 N–H and O–H groups in total. The molecule has 0 saturated carbocycles. The number of anilines is 1. The largest absolute Gasteiger partial charge is 0.480 e. The molecule has 1 unspecified atom stereocenters. The van der Waals surface area contributed by atoms with Gasteiger partial charge in [-0.05, 0) is 25.1 Å². The van der Waals surface area contributed by atoms with Crippen LogP contribution in [0.2, 0.25) is 0 Å². The zero-order chi connectivity index (χ0) is 20.4. The lowest BCUT2D eigenvalue weighted by Gasteiger charge is -2.32. The third kappa shape index (κ3) is 4.40. The second-order valence-electron chi connectivity index (χ2n) is 6.50. The van der Waals surface area contributed by atoms with Crippen LogP contribution >= 0.6 is 0 Å². The van der Waals surface area contributed by atoms with E-state index in [2.05, 4.69) is 0 Å². The summed E-state index contributed by atoms with van der Waals surface area (Å²) in [5.41, 5.74) is 0.709. The van der Waals surface area contributed by atoms with Gasteiger partial charge >= 0.3 is 5.97 Å². The molecule has 0 aromatic heterocycles. The third-order valence-electron chi connectivity index (χ3n) is 4.59. The second-order valence-corrected chi connectivity index (χ2v) is 8.65. The summed E-state index contributed by atoms with van der Waals surface area (Å²) in [7, 11) is 0.463. The van der Waals surface area contributed by atoms with Crippen molar-refractivity contribution in [1.82, 2.24) is 9.21 Å². The average Bonchev–Trinajstić information content (AvgIpc) is 2.66. The topological polar surface area (TPSA) is 107 Å². The summed E-state index contributed by atoms with van der Waals surface area (Å²) in [5, 5.41) is 9.20. The van der Waals surface area contributed by atoms with E-state index in [9.17, 15) is 23.1 Å². The van der Waals surface area contributed by atoms with Gasteiger partial charge in [-0.2, -0.15) is 0 Å². The lowest BCUT2D eigenvalue weighted by molar-refractivity contribution is -0.141. The lowest BCUT2D eigenvalue weighted by atomic mass is 10.1. The molecule has 1 atom stereocenters. The van der Waals surface area contributed by atoms with E-state index in [1.807, 2.05) is 4.90 Å². The summed E-state index contributed by atoms with van der Waals surface area (Å²) in [4.78, 5) is 27.3. The Balaban J connectivity index is 2.55. The number of hydrogen-bond acceptors (Lipinski definition) is 6. The molecule has 10 heteroatoms. The Morgan fingerprint density at radius 3 is 2.30 bits per heavy atom. The zero-order valence-corrected chi connectivity index (χ0v) is 16.7. The first-order valence-corrected chi connectivity index (χ1v) is 9.90. The van der Waals surface area contributed by atoms with Crippen molar-refractivity contribution in [3.05, 3.63) is 23.8 Å². The smallest absolute Gasteiger partial charge is 0.326 e. The van der Waals surface area contributed by atoms with E-state index in [1.54, 1.807) is 6.07 Å². The molecular formula is C17H25N3O6S. The van der Waals surface area contributed by atoms with Crippen molar-refractivity contribution in [2.24, 2.45) is 0 Å². The van der Waals surface area contributed by atoms with Crippen LogP contribution < -0.4 is 4.90 Å². The molecule has 27 heavy (non-hydrogen) atoms. The van der Waals surface area contributed by atoms with Gasteiger partial charge in [0.25, 0.3) is 5.91 Å². The van der Waals surface area contributed by atoms with Crippen LogP contribution in [0, 0.1) is 0 Å². The van der Waals surface area contributed by atoms with E-state index < -0.39 is 27.9 Å². The summed E-state index contributed by atoms with van der Waals surface area (Å²) in [6.45, 7) is 3.49. The van der Waals surface area contributed by atoms with Crippen molar-refractivity contribution in [3.8, 4) is 0 Å². The number of sulfonamides is 1. The van der Waals surface area contributed by atoms with Crippen LogP contribution in [0.25, 0.3) is 0 Å². The molecule has 2 rings (SSSR count). The Kier molecular flexibility index (Phi) is 6.45. The number of carbonyl (C=O) groups is 2. The monoisotopic (exact) mass is 399 g/mol. The molecular weight excluding hydrogens is 374 g/mol. The van der Waals surface area contributed by atoms with Gasteiger partial charge in [0.15, 0.2) is 0 Å². The van der Waals surface area contributed by atoms with Gasteiger partial charge in [-0.1, -0.05) is 0 Å². The van der Waals surface area contributed by atoms with Crippen LogP contribution in [-0.2, 0) is 19.6 Å².